The first kappa shape index (κ1) is 14.9. The molecule has 2 aliphatic rings. The van der Waals surface area contributed by atoms with Gasteiger partial charge in [-0.05, 0) is 48.1 Å². The number of fused-ring (bicyclic) bond motifs is 2. The average Bonchev–Trinajstić information content (AvgIpc) is 2.76. The van der Waals surface area contributed by atoms with Crippen LogP contribution in [0.15, 0.2) is 36.5 Å². The number of hydrogen-bond acceptors (Lipinski definition) is 5. The highest BCUT2D eigenvalue weighted by molar-refractivity contribution is 5.77. The summed E-state index contributed by atoms with van der Waals surface area (Å²) in [6, 6.07) is 5.34. The van der Waals surface area contributed by atoms with Crippen molar-refractivity contribution in [1.82, 2.24) is 10.3 Å². The van der Waals surface area contributed by atoms with Crippen LogP contribution in [0.4, 0.5) is 5.69 Å². The molecule has 0 fully saturated rings. The lowest BCUT2D eigenvalue weighted by Gasteiger charge is -2.29. The molecule has 144 valence electrons. The Kier molecular flexibility index (Phi) is 3.98. The summed E-state index contributed by atoms with van der Waals surface area (Å²) >= 11 is 0. The summed E-state index contributed by atoms with van der Waals surface area (Å²) in [5, 5.41) is 3.08. The minimum Gasteiger partial charge on any atom is -0.466 e. The van der Waals surface area contributed by atoms with Gasteiger partial charge in [0.05, 0.1) is 11.7 Å². The molecule has 1 aromatic carbocycles. The number of carbonyl (C=O) groups is 1. The van der Waals surface area contributed by atoms with Crippen molar-refractivity contribution in [3.8, 4) is 11.1 Å². The monoisotopic (exact) mass is 380 g/mol. The Morgan fingerprint density at radius 1 is 1.46 bits per heavy atom. The highest BCUT2D eigenvalue weighted by atomic mass is 16.5. The number of aromatic nitrogens is 1. The van der Waals surface area contributed by atoms with Crippen LogP contribution in [0.3, 0.4) is 0 Å². The lowest BCUT2D eigenvalue weighted by atomic mass is 9.84. The van der Waals surface area contributed by atoms with Crippen LogP contribution in [0, 0.1) is 0 Å². The Labute approximate surface area is 168 Å². The van der Waals surface area contributed by atoms with E-state index in [-0.39, 0.29) is 24.4 Å². The van der Waals surface area contributed by atoms with Crippen LogP contribution >= 0.6 is 0 Å². The van der Waals surface area contributed by atoms with Crippen LogP contribution in [-0.4, -0.2) is 23.8 Å². The van der Waals surface area contributed by atoms with Crippen LogP contribution in [-0.2, 0) is 27.4 Å². The third-order valence-corrected chi connectivity index (χ3v) is 5.33. The summed E-state index contributed by atoms with van der Waals surface area (Å²) in [5.74, 6) is 1.25. The number of pyridine rings is 1. The van der Waals surface area contributed by atoms with E-state index in [9.17, 15) is 9.59 Å². The summed E-state index contributed by atoms with van der Waals surface area (Å²) < 4.78 is 28.7. The second kappa shape index (κ2) is 7.49. The van der Waals surface area contributed by atoms with E-state index in [1.807, 2.05) is 25.3 Å². The van der Waals surface area contributed by atoms with Gasteiger partial charge in [0.1, 0.15) is 6.61 Å². The van der Waals surface area contributed by atoms with Crippen LogP contribution in [0.25, 0.3) is 11.1 Å². The molecular formula is C22H23N3O3. The van der Waals surface area contributed by atoms with Gasteiger partial charge in [0.2, 0.25) is 5.91 Å². The van der Waals surface area contributed by atoms with Crippen molar-refractivity contribution >= 4 is 17.5 Å². The van der Waals surface area contributed by atoms with Crippen LogP contribution < -0.4 is 10.2 Å². The van der Waals surface area contributed by atoms with Crippen molar-refractivity contribution in [1.29, 1.82) is 0 Å². The molecule has 1 amide bonds. The molecule has 4 rings (SSSR count). The van der Waals surface area contributed by atoms with E-state index >= 15 is 0 Å². The third-order valence-electron chi connectivity index (χ3n) is 5.33. The predicted molar refractivity (Wildman–Crippen MR) is 106 cm³/mol. The Morgan fingerprint density at radius 2 is 2.36 bits per heavy atom. The van der Waals surface area contributed by atoms with Crippen LogP contribution in [0.1, 0.15) is 53.0 Å². The van der Waals surface area contributed by atoms with Gasteiger partial charge in [-0.25, -0.2) is 4.79 Å². The zero-order valence-electron chi connectivity index (χ0n) is 18.6. The highest BCUT2D eigenvalue weighted by Gasteiger charge is 2.25. The third kappa shape index (κ3) is 3.16. The fourth-order valence-corrected chi connectivity index (χ4v) is 3.90. The van der Waals surface area contributed by atoms with Gasteiger partial charge in [-0.3, -0.25) is 9.78 Å². The molecule has 0 radical (unpaired) electrons. The molecule has 2 heterocycles. The van der Waals surface area contributed by atoms with Crippen LogP contribution in [0.2, 0.25) is 0 Å². The van der Waals surface area contributed by atoms with E-state index in [0.29, 0.717) is 17.7 Å². The molecule has 1 aromatic heterocycles. The van der Waals surface area contributed by atoms with Gasteiger partial charge in [-0.2, -0.15) is 0 Å². The molecule has 0 bridgehead atoms. The summed E-state index contributed by atoms with van der Waals surface area (Å²) in [6.07, 6.45) is 6.74. The summed E-state index contributed by atoms with van der Waals surface area (Å²) in [4.78, 5) is 28.4. The lowest BCUT2D eigenvalue weighted by Crippen LogP contribution is -2.30. The predicted octanol–water partition coefficient (Wildman–Crippen LogP) is 3.29. The topological polar surface area (TPSA) is 71.5 Å². The number of rotatable bonds is 3. The van der Waals surface area contributed by atoms with E-state index < -0.39 is 6.98 Å². The molecule has 1 aliphatic carbocycles. The van der Waals surface area contributed by atoms with E-state index in [1.165, 1.54) is 0 Å². The number of amides is 1. The summed E-state index contributed by atoms with van der Waals surface area (Å²) in [6.45, 7) is -0.656. The molecular weight excluding hydrogens is 354 g/mol. The van der Waals surface area contributed by atoms with Gasteiger partial charge in [0, 0.05) is 41.0 Å². The van der Waals surface area contributed by atoms with E-state index in [2.05, 4.69) is 10.3 Å². The standard InChI is InChI=1S/C22H23N3O3/c1-3-21(27)24-19-6-4-5-16-17(10-23-11-18(16)19)14-7-8-20-15(9-14)13-28-22(12-26)25(20)2/h7-11,19H,3-6,13H2,1-2H3,(H,24,27)/t19-/m1/s1/i2D3. The van der Waals surface area contributed by atoms with Gasteiger partial charge in [-0.1, -0.05) is 13.0 Å². The van der Waals surface area contributed by atoms with Crippen molar-refractivity contribution in [3.05, 3.63) is 53.2 Å². The van der Waals surface area contributed by atoms with E-state index in [1.54, 1.807) is 18.2 Å². The highest BCUT2D eigenvalue weighted by Crippen LogP contribution is 2.38. The number of hydrogen-bond donors (Lipinski definition) is 1. The van der Waals surface area contributed by atoms with Gasteiger partial charge >= 0.3 is 0 Å². The lowest BCUT2D eigenvalue weighted by molar-refractivity contribution is -0.121. The largest absolute Gasteiger partial charge is 0.466 e. The SMILES string of the molecule is [2H]C([2H])([2H])N1C(=C=O)OCc2cc(-c3cncc4c3CCC[C@H]4NC(=O)CC)ccc21. The fraction of sp³-hybridized carbons (Fsp3) is 0.364. The van der Waals surface area contributed by atoms with Gasteiger partial charge in [0.15, 0.2) is 5.94 Å². The molecule has 2 aromatic rings. The number of nitrogens with zero attached hydrogens (tertiary/aromatic N) is 2. The molecule has 1 aliphatic heterocycles. The molecule has 0 spiro atoms. The Morgan fingerprint density at radius 3 is 3.14 bits per heavy atom. The normalized spacial score (nSPS) is 19.9. The van der Waals surface area contributed by atoms with Crippen molar-refractivity contribution in [2.45, 2.75) is 45.3 Å². The smallest absolute Gasteiger partial charge is 0.282 e. The molecule has 1 N–H and O–H groups in total. The average molecular weight is 380 g/mol. The van der Waals surface area contributed by atoms with Crippen molar-refractivity contribution < 1.29 is 18.4 Å². The van der Waals surface area contributed by atoms with Crippen molar-refractivity contribution in [2.75, 3.05) is 11.9 Å². The molecule has 0 unspecified atom stereocenters. The number of ether oxygens (including phenoxy) is 1. The van der Waals surface area contributed by atoms with Gasteiger partial charge in [0.25, 0.3) is 5.88 Å². The first-order valence-electron chi connectivity index (χ1n) is 10.9. The Balaban J connectivity index is 1.75. The summed E-state index contributed by atoms with van der Waals surface area (Å²) in [5.41, 5.74) is 5.07. The fourth-order valence-electron chi connectivity index (χ4n) is 3.90. The second-order valence-electron chi connectivity index (χ2n) is 7.00. The first-order valence-corrected chi connectivity index (χ1v) is 9.41. The van der Waals surface area contributed by atoms with Crippen molar-refractivity contribution in [3.63, 3.8) is 0 Å². The number of anilines is 1. The quantitative estimate of drug-likeness (QED) is 0.828. The molecule has 28 heavy (non-hydrogen) atoms. The summed E-state index contributed by atoms with van der Waals surface area (Å²) in [7, 11) is 0. The van der Waals surface area contributed by atoms with Crippen molar-refractivity contribution in [2.24, 2.45) is 0 Å². The Bertz CT molecular complexity index is 1080. The molecule has 6 nitrogen and oxygen atoms in total. The maximum atomic E-state index is 11.9. The first-order chi connectivity index (χ1) is 14.8. The Hall–Kier alpha value is -3.11. The zero-order valence-corrected chi connectivity index (χ0v) is 15.6. The van der Waals surface area contributed by atoms with Gasteiger partial charge in [-0.15, -0.1) is 0 Å². The molecule has 0 saturated carbocycles. The number of benzene rings is 1. The number of nitrogens with one attached hydrogen (secondary N) is 1. The van der Waals surface area contributed by atoms with E-state index in [4.69, 9.17) is 8.85 Å². The van der Waals surface area contributed by atoms with E-state index in [0.717, 1.165) is 46.4 Å². The molecule has 1 atom stereocenters. The number of carbonyl (C=O) groups excluding carboxylic acids is 2. The van der Waals surface area contributed by atoms with Crippen LogP contribution in [0.5, 0.6) is 0 Å². The minimum absolute atomic E-state index is 0.0120. The second-order valence-corrected chi connectivity index (χ2v) is 7.00. The molecule has 6 heteroatoms. The molecule has 0 saturated heterocycles. The minimum atomic E-state index is -2.57. The zero-order chi connectivity index (χ0) is 22.2. The van der Waals surface area contributed by atoms with Gasteiger partial charge < -0.3 is 15.0 Å². The maximum Gasteiger partial charge on any atom is 0.282 e. The maximum absolute atomic E-state index is 11.9.